The Morgan fingerprint density at radius 1 is 0.824 bits per heavy atom. The molecule has 0 aliphatic heterocycles. The molecule has 0 atom stereocenters. The van der Waals surface area contributed by atoms with Gasteiger partial charge in [0.1, 0.15) is 0 Å². The monoisotopic (exact) mass is 221 g/mol. The summed E-state index contributed by atoms with van der Waals surface area (Å²) in [5.41, 5.74) is 6.23. The first-order valence-corrected chi connectivity index (χ1v) is 5.89. The van der Waals surface area contributed by atoms with Crippen LogP contribution in [0.4, 0.5) is 0 Å². The van der Waals surface area contributed by atoms with Crippen molar-refractivity contribution in [2.75, 3.05) is 0 Å². The number of hydrogen-bond donors (Lipinski definition) is 1. The van der Waals surface area contributed by atoms with Crippen LogP contribution in [0, 0.1) is 13.8 Å². The van der Waals surface area contributed by atoms with Gasteiger partial charge in [0.2, 0.25) is 0 Å². The van der Waals surface area contributed by atoms with Gasteiger partial charge in [-0.25, -0.2) is 0 Å². The molecule has 3 aromatic rings. The van der Waals surface area contributed by atoms with Gasteiger partial charge in [0, 0.05) is 16.6 Å². The van der Waals surface area contributed by atoms with Gasteiger partial charge in [0.15, 0.2) is 0 Å². The predicted octanol–water partition coefficient (Wildman–Crippen LogP) is 4.45. The second-order valence-electron chi connectivity index (χ2n) is 4.64. The van der Waals surface area contributed by atoms with Crippen molar-refractivity contribution < 1.29 is 0 Å². The Hall–Kier alpha value is -2.02. The van der Waals surface area contributed by atoms with E-state index in [-0.39, 0.29) is 0 Å². The maximum atomic E-state index is 3.47. The molecule has 1 nitrogen and oxygen atoms in total. The Balaban J connectivity index is 2.18. The van der Waals surface area contributed by atoms with E-state index in [9.17, 15) is 0 Å². The smallest absolute Gasteiger partial charge is 0.0464 e. The zero-order valence-corrected chi connectivity index (χ0v) is 10.1. The standard InChI is InChI=1S/C16H15N/c1-11-4-3-5-13(8-11)16-10-14-9-12(2)6-7-15(14)17-16/h3-10,17H,1-2H3. The zero-order valence-electron chi connectivity index (χ0n) is 10.1. The number of hydrogen-bond acceptors (Lipinski definition) is 0. The Bertz CT molecular complexity index is 677. The molecule has 1 heteroatoms. The lowest BCUT2D eigenvalue weighted by atomic mass is 10.1. The van der Waals surface area contributed by atoms with E-state index in [2.05, 4.69) is 67.4 Å². The molecule has 0 spiro atoms. The largest absolute Gasteiger partial charge is 0.355 e. The Kier molecular flexibility index (Phi) is 2.25. The maximum Gasteiger partial charge on any atom is 0.0464 e. The van der Waals surface area contributed by atoms with Crippen LogP contribution in [0.3, 0.4) is 0 Å². The zero-order chi connectivity index (χ0) is 11.8. The van der Waals surface area contributed by atoms with Crippen molar-refractivity contribution in [2.45, 2.75) is 13.8 Å². The van der Waals surface area contributed by atoms with E-state index in [1.807, 2.05) is 0 Å². The number of rotatable bonds is 1. The summed E-state index contributed by atoms with van der Waals surface area (Å²) in [6.45, 7) is 4.25. The quantitative estimate of drug-likeness (QED) is 0.624. The first-order valence-electron chi connectivity index (χ1n) is 5.89. The summed E-state index contributed by atoms with van der Waals surface area (Å²) in [4.78, 5) is 3.47. The number of aromatic amines is 1. The fourth-order valence-corrected chi connectivity index (χ4v) is 2.22. The summed E-state index contributed by atoms with van der Waals surface area (Å²) >= 11 is 0. The highest BCUT2D eigenvalue weighted by Crippen LogP contribution is 2.25. The highest BCUT2D eigenvalue weighted by molar-refractivity contribution is 5.86. The Labute approximate surface area is 101 Å². The minimum Gasteiger partial charge on any atom is -0.355 e. The molecule has 0 fully saturated rings. The summed E-state index contributed by atoms with van der Waals surface area (Å²) in [5, 5.41) is 1.28. The van der Waals surface area contributed by atoms with Gasteiger partial charge in [-0.1, -0.05) is 35.4 Å². The third-order valence-corrected chi connectivity index (χ3v) is 3.11. The van der Waals surface area contributed by atoms with Crippen molar-refractivity contribution >= 4 is 10.9 Å². The minimum absolute atomic E-state index is 1.19. The topological polar surface area (TPSA) is 15.8 Å². The molecular formula is C16H15N. The SMILES string of the molecule is Cc1cccc(-c2cc3cc(C)ccc3[nH]2)c1. The second kappa shape index (κ2) is 3.77. The molecule has 1 N–H and O–H groups in total. The second-order valence-corrected chi connectivity index (χ2v) is 4.64. The molecule has 0 amide bonds. The van der Waals surface area contributed by atoms with E-state index in [1.54, 1.807) is 0 Å². The van der Waals surface area contributed by atoms with E-state index >= 15 is 0 Å². The summed E-state index contributed by atoms with van der Waals surface area (Å²) in [7, 11) is 0. The molecule has 0 unspecified atom stereocenters. The van der Waals surface area contributed by atoms with Gasteiger partial charge in [0.05, 0.1) is 0 Å². The van der Waals surface area contributed by atoms with Gasteiger partial charge in [-0.05, 0) is 43.7 Å². The first kappa shape index (κ1) is 10.2. The molecule has 2 aromatic carbocycles. The van der Waals surface area contributed by atoms with Crippen molar-refractivity contribution in [3.05, 3.63) is 59.7 Å². The minimum atomic E-state index is 1.19. The Morgan fingerprint density at radius 3 is 2.47 bits per heavy atom. The van der Waals surface area contributed by atoms with Crippen molar-refractivity contribution in [3.63, 3.8) is 0 Å². The Morgan fingerprint density at radius 2 is 1.65 bits per heavy atom. The third kappa shape index (κ3) is 1.84. The highest BCUT2D eigenvalue weighted by Gasteiger charge is 2.03. The van der Waals surface area contributed by atoms with Crippen LogP contribution in [0.25, 0.3) is 22.2 Å². The molecule has 0 aliphatic carbocycles. The summed E-state index contributed by atoms with van der Waals surface area (Å²) < 4.78 is 0. The van der Waals surface area contributed by atoms with Gasteiger partial charge in [0.25, 0.3) is 0 Å². The van der Waals surface area contributed by atoms with E-state index in [0.717, 1.165) is 0 Å². The normalized spacial score (nSPS) is 10.9. The average Bonchev–Trinajstić information content (AvgIpc) is 2.72. The number of nitrogens with one attached hydrogen (secondary N) is 1. The number of aryl methyl sites for hydroxylation is 2. The molecule has 0 saturated heterocycles. The van der Waals surface area contributed by atoms with Crippen LogP contribution < -0.4 is 0 Å². The van der Waals surface area contributed by atoms with Crippen LogP contribution in [-0.4, -0.2) is 4.98 Å². The van der Waals surface area contributed by atoms with Crippen LogP contribution in [0.2, 0.25) is 0 Å². The number of aromatic nitrogens is 1. The fourth-order valence-electron chi connectivity index (χ4n) is 2.22. The molecule has 0 bridgehead atoms. The van der Waals surface area contributed by atoms with Gasteiger partial charge >= 0.3 is 0 Å². The third-order valence-electron chi connectivity index (χ3n) is 3.11. The molecule has 0 saturated carbocycles. The summed E-state index contributed by atoms with van der Waals surface area (Å²) in [5.74, 6) is 0. The van der Waals surface area contributed by atoms with E-state index in [1.165, 1.54) is 33.3 Å². The van der Waals surface area contributed by atoms with Crippen LogP contribution >= 0.6 is 0 Å². The lowest BCUT2D eigenvalue weighted by Gasteiger charge is -1.98. The lowest BCUT2D eigenvalue weighted by molar-refractivity contribution is 1.41. The van der Waals surface area contributed by atoms with E-state index in [0.29, 0.717) is 0 Å². The van der Waals surface area contributed by atoms with Crippen molar-refractivity contribution in [2.24, 2.45) is 0 Å². The molecule has 0 radical (unpaired) electrons. The number of fused-ring (bicyclic) bond motifs is 1. The van der Waals surface area contributed by atoms with Crippen LogP contribution in [-0.2, 0) is 0 Å². The van der Waals surface area contributed by atoms with E-state index in [4.69, 9.17) is 0 Å². The van der Waals surface area contributed by atoms with E-state index < -0.39 is 0 Å². The predicted molar refractivity (Wildman–Crippen MR) is 73.2 cm³/mol. The van der Waals surface area contributed by atoms with Crippen molar-refractivity contribution in [1.82, 2.24) is 4.98 Å². The van der Waals surface area contributed by atoms with Gasteiger partial charge in [-0.2, -0.15) is 0 Å². The van der Waals surface area contributed by atoms with Gasteiger partial charge < -0.3 is 4.98 Å². The summed E-state index contributed by atoms with van der Waals surface area (Å²) in [6.07, 6.45) is 0. The summed E-state index contributed by atoms with van der Waals surface area (Å²) in [6, 6.07) is 17.3. The maximum absolute atomic E-state index is 3.47. The van der Waals surface area contributed by atoms with Gasteiger partial charge in [-0.15, -0.1) is 0 Å². The molecule has 17 heavy (non-hydrogen) atoms. The average molecular weight is 221 g/mol. The molecular weight excluding hydrogens is 206 g/mol. The molecule has 1 aromatic heterocycles. The number of H-pyrrole nitrogens is 1. The van der Waals surface area contributed by atoms with Gasteiger partial charge in [-0.3, -0.25) is 0 Å². The lowest BCUT2D eigenvalue weighted by Crippen LogP contribution is -1.78. The van der Waals surface area contributed by atoms with Crippen molar-refractivity contribution in [1.29, 1.82) is 0 Å². The molecule has 1 heterocycles. The first-order chi connectivity index (χ1) is 8.22. The van der Waals surface area contributed by atoms with Crippen LogP contribution in [0.1, 0.15) is 11.1 Å². The van der Waals surface area contributed by atoms with Crippen molar-refractivity contribution in [3.8, 4) is 11.3 Å². The van der Waals surface area contributed by atoms with Crippen LogP contribution in [0.5, 0.6) is 0 Å². The van der Waals surface area contributed by atoms with Crippen LogP contribution in [0.15, 0.2) is 48.5 Å². The number of benzene rings is 2. The molecule has 3 rings (SSSR count). The molecule has 0 aliphatic rings. The molecule has 84 valence electrons. The highest BCUT2D eigenvalue weighted by atomic mass is 14.7. The fraction of sp³-hybridized carbons (Fsp3) is 0.125.